The molecule has 130 valence electrons. The van der Waals surface area contributed by atoms with Crippen LogP contribution >= 0.6 is 0 Å². The number of halogens is 3. The number of alkyl halides is 3. The van der Waals surface area contributed by atoms with E-state index < -0.39 is 30.0 Å². The molecular weight excluding hydrogens is 317 g/mol. The maximum Gasteiger partial charge on any atom is 0.471 e. The first-order valence-electron chi connectivity index (χ1n) is 7.50. The summed E-state index contributed by atoms with van der Waals surface area (Å²) >= 11 is 0. The van der Waals surface area contributed by atoms with Gasteiger partial charge in [-0.05, 0) is 25.7 Å². The maximum absolute atomic E-state index is 12.6. The van der Waals surface area contributed by atoms with Crippen LogP contribution in [0.25, 0.3) is 0 Å². The van der Waals surface area contributed by atoms with Gasteiger partial charge in [-0.3, -0.25) is 14.4 Å². The summed E-state index contributed by atoms with van der Waals surface area (Å²) in [6, 6.07) is -1.47. The number of rotatable bonds is 3. The van der Waals surface area contributed by atoms with Crippen molar-refractivity contribution in [3.05, 3.63) is 0 Å². The van der Waals surface area contributed by atoms with Crippen molar-refractivity contribution in [3.8, 4) is 0 Å². The Morgan fingerprint density at radius 1 is 1.09 bits per heavy atom. The number of carbonyl (C=O) groups excluding carboxylic acids is 3. The monoisotopic (exact) mass is 336 g/mol. The highest BCUT2D eigenvalue weighted by Gasteiger charge is 2.49. The van der Waals surface area contributed by atoms with Crippen LogP contribution in [0.1, 0.15) is 32.1 Å². The van der Waals surface area contributed by atoms with Gasteiger partial charge in [0.15, 0.2) is 0 Å². The van der Waals surface area contributed by atoms with Gasteiger partial charge in [-0.2, -0.15) is 13.2 Å². The zero-order valence-corrected chi connectivity index (χ0v) is 12.8. The number of hydrogen-bond acceptors (Lipinski definition) is 4. The second kappa shape index (κ2) is 6.76. The predicted octanol–water partition coefficient (Wildman–Crippen LogP) is 1.09. The molecule has 0 spiro atoms. The van der Waals surface area contributed by atoms with E-state index in [0.717, 1.165) is 0 Å². The molecule has 2 fully saturated rings. The lowest BCUT2D eigenvalue weighted by Gasteiger charge is -2.31. The van der Waals surface area contributed by atoms with Gasteiger partial charge in [0.1, 0.15) is 6.04 Å². The average molecular weight is 336 g/mol. The molecule has 0 aromatic heterocycles. The Kier molecular flexibility index (Phi) is 5.16. The molecule has 0 aliphatic carbocycles. The van der Waals surface area contributed by atoms with E-state index in [2.05, 4.69) is 4.74 Å². The third-order valence-electron chi connectivity index (χ3n) is 4.33. The van der Waals surface area contributed by atoms with Crippen LogP contribution in [0.15, 0.2) is 0 Å². The van der Waals surface area contributed by atoms with Crippen LogP contribution < -0.4 is 0 Å². The zero-order valence-electron chi connectivity index (χ0n) is 12.8. The van der Waals surface area contributed by atoms with Crippen LogP contribution in [-0.4, -0.2) is 66.0 Å². The molecule has 0 aromatic carbocycles. The molecule has 2 atom stereocenters. The second-order valence-electron chi connectivity index (χ2n) is 5.76. The van der Waals surface area contributed by atoms with Crippen LogP contribution in [0.5, 0.6) is 0 Å². The lowest BCUT2D eigenvalue weighted by molar-refractivity contribution is -0.187. The van der Waals surface area contributed by atoms with Gasteiger partial charge in [-0.1, -0.05) is 0 Å². The first kappa shape index (κ1) is 17.6. The number of carbonyl (C=O) groups is 3. The van der Waals surface area contributed by atoms with Crippen molar-refractivity contribution in [2.45, 2.75) is 50.4 Å². The van der Waals surface area contributed by atoms with Gasteiger partial charge in [0, 0.05) is 19.1 Å². The largest absolute Gasteiger partial charge is 0.471 e. The van der Waals surface area contributed by atoms with Crippen molar-refractivity contribution < 1.29 is 32.3 Å². The van der Waals surface area contributed by atoms with Crippen molar-refractivity contribution in [2.24, 2.45) is 0 Å². The number of likely N-dealkylation sites (tertiary alicyclic amines) is 2. The van der Waals surface area contributed by atoms with Crippen molar-refractivity contribution in [2.75, 3.05) is 20.2 Å². The minimum Gasteiger partial charge on any atom is -0.469 e. The van der Waals surface area contributed by atoms with Gasteiger partial charge in [0.2, 0.25) is 5.91 Å². The highest BCUT2D eigenvalue weighted by Crippen LogP contribution is 2.29. The maximum atomic E-state index is 12.6. The lowest BCUT2D eigenvalue weighted by Crippen LogP contribution is -2.52. The number of nitrogens with zero attached hydrogens (tertiary/aromatic N) is 2. The van der Waals surface area contributed by atoms with E-state index in [1.54, 1.807) is 0 Å². The fourth-order valence-corrected chi connectivity index (χ4v) is 3.23. The Morgan fingerprint density at radius 3 is 2.30 bits per heavy atom. The van der Waals surface area contributed by atoms with Crippen molar-refractivity contribution in [3.63, 3.8) is 0 Å². The number of amides is 2. The lowest BCUT2D eigenvalue weighted by atomic mass is 10.1. The minimum atomic E-state index is -4.99. The van der Waals surface area contributed by atoms with Gasteiger partial charge < -0.3 is 14.5 Å². The molecule has 2 heterocycles. The summed E-state index contributed by atoms with van der Waals surface area (Å²) in [6.07, 6.45) is -3.13. The summed E-state index contributed by atoms with van der Waals surface area (Å²) < 4.78 is 42.5. The second-order valence-corrected chi connectivity index (χ2v) is 5.76. The summed E-state index contributed by atoms with van der Waals surface area (Å²) in [5.74, 6) is -2.95. The first-order valence-corrected chi connectivity index (χ1v) is 7.50. The van der Waals surface area contributed by atoms with Crippen LogP contribution in [0.2, 0.25) is 0 Å². The molecule has 2 amide bonds. The van der Waals surface area contributed by atoms with E-state index in [4.69, 9.17) is 0 Å². The third kappa shape index (κ3) is 3.76. The van der Waals surface area contributed by atoms with Gasteiger partial charge in [0.05, 0.1) is 13.5 Å². The molecule has 2 aliphatic heterocycles. The minimum absolute atomic E-state index is 0.0160. The number of hydrogen-bond donors (Lipinski definition) is 0. The van der Waals surface area contributed by atoms with Crippen LogP contribution in [0, 0.1) is 0 Å². The summed E-state index contributed by atoms with van der Waals surface area (Å²) in [6.45, 7) is 0.301. The zero-order chi connectivity index (χ0) is 17.2. The predicted molar refractivity (Wildman–Crippen MR) is 72.2 cm³/mol. The Labute approximate surface area is 131 Å². The molecule has 0 saturated carbocycles. The van der Waals surface area contributed by atoms with E-state index in [1.807, 2.05) is 0 Å². The summed E-state index contributed by atoms with van der Waals surface area (Å²) in [7, 11) is 1.24. The fraction of sp³-hybridized carbons (Fsp3) is 0.786. The van der Waals surface area contributed by atoms with Crippen LogP contribution in [0.3, 0.4) is 0 Å². The van der Waals surface area contributed by atoms with Gasteiger partial charge in [0.25, 0.3) is 0 Å². The number of esters is 1. The Morgan fingerprint density at radius 2 is 1.70 bits per heavy atom. The molecule has 9 heteroatoms. The molecule has 2 saturated heterocycles. The van der Waals surface area contributed by atoms with Crippen molar-refractivity contribution in [1.29, 1.82) is 0 Å². The number of ether oxygens (including phenoxy) is 1. The van der Waals surface area contributed by atoms with E-state index >= 15 is 0 Å². The van der Waals surface area contributed by atoms with Gasteiger partial charge in [-0.15, -0.1) is 0 Å². The van der Waals surface area contributed by atoms with Crippen LogP contribution in [-0.2, 0) is 19.1 Å². The molecule has 23 heavy (non-hydrogen) atoms. The average Bonchev–Trinajstić information content (AvgIpc) is 3.13. The highest BCUT2D eigenvalue weighted by molar-refractivity contribution is 5.91. The highest BCUT2D eigenvalue weighted by atomic mass is 19.4. The SMILES string of the molecule is COC(=O)CC1CCCN1C(=O)C1CCCN1C(=O)C(F)(F)F. The molecular formula is C14H19F3N2O4. The summed E-state index contributed by atoms with van der Waals surface area (Å²) in [4.78, 5) is 37.5. The first-order chi connectivity index (χ1) is 10.8. The molecule has 0 bridgehead atoms. The van der Waals surface area contributed by atoms with E-state index in [0.29, 0.717) is 30.7 Å². The molecule has 0 aromatic rings. The topological polar surface area (TPSA) is 66.9 Å². The molecule has 2 unspecified atom stereocenters. The fourth-order valence-electron chi connectivity index (χ4n) is 3.23. The molecule has 2 rings (SSSR count). The molecule has 2 aliphatic rings. The molecule has 6 nitrogen and oxygen atoms in total. The Hall–Kier alpha value is -1.80. The summed E-state index contributed by atoms with van der Waals surface area (Å²) in [5, 5.41) is 0. The van der Waals surface area contributed by atoms with E-state index in [1.165, 1.54) is 12.0 Å². The molecule has 0 radical (unpaired) electrons. The van der Waals surface area contributed by atoms with Gasteiger partial charge in [-0.25, -0.2) is 0 Å². The van der Waals surface area contributed by atoms with Crippen molar-refractivity contribution in [1.82, 2.24) is 9.80 Å². The Bertz CT molecular complexity index is 495. The normalized spacial score (nSPS) is 24.9. The van der Waals surface area contributed by atoms with Gasteiger partial charge >= 0.3 is 18.1 Å². The quantitative estimate of drug-likeness (QED) is 0.724. The third-order valence-corrected chi connectivity index (χ3v) is 4.33. The smallest absolute Gasteiger partial charge is 0.469 e. The number of methoxy groups -OCH3 is 1. The summed E-state index contributed by atoms with van der Waals surface area (Å²) in [5.41, 5.74) is 0. The standard InChI is InChI=1S/C14H19F3N2O4/c1-23-11(20)8-9-4-2-6-18(9)12(21)10-5-3-7-19(10)13(22)14(15,16)17/h9-10H,2-8H2,1H3. The van der Waals surface area contributed by atoms with E-state index in [9.17, 15) is 27.6 Å². The van der Waals surface area contributed by atoms with Crippen LogP contribution in [0.4, 0.5) is 13.2 Å². The Balaban J connectivity index is 2.09. The van der Waals surface area contributed by atoms with Crippen molar-refractivity contribution >= 4 is 17.8 Å². The molecule has 0 N–H and O–H groups in total. The van der Waals surface area contributed by atoms with E-state index in [-0.39, 0.29) is 25.4 Å².